The second kappa shape index (κ2) is 7.49. The van der Waals surface area contributed by atoms with Gasteiger partial charge in [0.25, 0.3) is 5.91 Å². The summed E-state index contributed by atoms with van der Waals surface area (Å²) in [7, 11) is 0. The molecule has 0 atom stereocenters. The highest BCUT2D eigenvalue weighted by atomic mass is 16.5. The van der Waals surface area contributed by atoms with Crippen LogP contribution in [0, 0.1) is 11.3 Å². The average molecular weight is 335 g/mol. The molecule has 1 aliphatic rings. The lowest BCUT2D eigenvalue weighted by molar-refractivity contribution is -0.118. The van der Waals surface area contributed by atoms with E-state index in [4.69, 9.17) is 10.00 Å². The zero-order valence-electron chi connectivity index (χ0n) is 13.6. The highest BCUT2D eigenvalue weighted by Crippen LogP contribution is 2.23. The van der Waals surface area contributed by atoms with Gasteiger partial charge in [-0.3, -0.25) is 9.59 Å². The van der Waals surface area contributed by atoms with E-state index in [1.165, 1.54) is 0 Å². The highest BCUT2D eigenvalue weighted by Gasteiger charge is 2.21. The summed E-state index contributed by atoms with van der Waals surface area (Å²) in [6, 6.07) is 15.7. The van der Waals surface area contributed by atoms with Crippen LogP contribution in [0.2, 0.25) is 0 Å². The molecule has 3 rings (SSSR count). The number of anilines is 2. The Morgan fingerprint density at radius 3 is 2.48 bits per heavy atom. The maximum atomic E-state index is 11.9. The van der Waals surface area contributed by atoms with Gasteiger partial charge in [0, 0.05) is 24.3 Å². The molecule has 0 saturated carbocycles. The first-order valence-electron chi connectivity index (χ1n) is 7.99. The summed E-state index contributed by atoms with van der Waals surface area (Å²) < 4.78 is 5.38. The van der Waals surface area contributed by atoms with Gasteiger partial charge in [-0.15, -0.1) is 0 Å². The van der Waals surface area contributed by atoms with Gasteiger partial charge in [0.2, 0.25) is 5.91 Å². The Hall–Kier alpha value is -3.33. The number of nitrogens with one attached hydrogen (secondary N) is 1. The molecule has 0 radical (unpaired) electrons. The third-order valence-electron chi connectivity index (χ3n) is 3.89. The number of carbonyl (C=O) groups excluding carboxylic acids is 2. The van der Waals surface area contributed by atoms with Crippen molar-refractivity contribution in [2.75, 3.05) is 23.4 Å². The minimum atomic E-state index is -0.283. The molecule has 0 spiro atoms. The van der Waals surface area contributed by atoms with Gasteiger partial charge >= 0.3 is 0 Å². The van der Waals surface area contributed by atoms with Crippen LogP contribution in [0.15, 0.2) is 48.5 Å². The third kappa shape index (κ3) is 4.15. The maximum Gasteiger partial charge on any atom is 0.262 e. The number of nitriles is 1. The molecule has 1 N–H and O–H groups in total. The number of hydrogen-bond acceptors (Lipinski definition) is 4. The number of benzene rings is 2. The summed E-state index contributed by atoms with van der Waals surface area (Å²) in [6.45, 7) is 0.612. The number of rotatable bonds is 5. The zero-order chi connectivity index (χ0) is 17.6. The van der Waals surface area contributed by atoms with Crippen LogP contribution < -0.4 is 15.0 Å². The van der Waals surface area contributed by atoms with Crippen LogP contribution in [0.25, 0.3) is 0 Å². The van der Waals surface area contributed by atoms with Crippen LogP contribution >= 0.6 is 0 Å². The monoisotopic (exact) mass is 335 g/mol. The molecule has 2 aromatic carbocycles. The molecule has 6 nitrogen and oxygen atoms in total. The minimum Gasteiger partial charge on any atom is -0.484 e. The van der Waals surface area contributed by atoms with E-state index in [-0.39, 0.29) is 18.4 Å². The van der Waals surface area contributed by atoms with Crippen LogP contribution in [0.1, 0.15) is 18.4 Å². The molecule has 1 fully saturated rings. The molecule has 25 heavy (non-hydrogen) atoms. The maximum absolute atomic E-state index is 11.9. The van der Waals surface area contributed by atoms with E-state index >= 15 is 0 Å². The fraction of sp³-hybridized carbons (Fsp3) is 0.211. The van der Waals surface area contributed by atoms with Crippen molar-refractivity contribution < 1.29 is 14.3 Å². The van der Waals surface area contributed by atoms with Crippen molar-refractivity contribution in [2.45, 2.75) is 12.8 Å². The lowest BCUT2D eigenvalue weighted by atomic mass is 10.2. The predicted octanol–water partition coefficient (Wildman–Crippen LogP) is 2.70. The third-order valence-corrected chi connectivity index (χ3v) is 3.89. The first-order chi connectivity index (χ1) is 12.2. The summed E-state index contributed by atoms with van der Waals surface area (Å²) in [5.41, 5.74) is 2.02. The Kier molecular flexibility index (Phi) is 4.95. The van der Waals surface area contributed by atoms with Gasteiger partial charge in [-0.2, -0.15) is 5.26 Å². The van der Waals surface area contributed by atoms with Crippen LogP contribution in [0.3, 0.4) is 0 Å². The number of nitrogens with zero attached hydrogens (tertiary/aromatic N) is 2. The van der Waals surface area contributed by atoms with Crippen molar-refractivity contribution >= 4 is 23.2 Å². The second-order valence-corrected chi connectivity index (χ2v) is 5.67. The van der Waals surface area contributed by atoms with Crippen molar-refractivity contribution in [3.63, 3.8) is 0 Å². The van der Waals surface area contributed by atoms with Gasteiger partial charge in [0.15, 0.2) is 6.61 Å². The summed E-state index contributed by atoms with van der Waals surface area (Å²) in [6.07, 6.45) is 1.47. The summed E-state index contributed by atoms with van der Waals surface area (Å²) in [5, 5.41) is 11.5. The van der Waals surface area contributed by atoms with Crippen LogP contribution in [-0.4, -0.2) is 25.0 Å². The zero-order valence-corrected chi connectivity index (χ0v) is 13.6. The molecule has 1 aliphatic heterocycles. The van der Waals surface area contributed by atoms with Crippen molar-refractivity contribution in [3.8, 4) is 11.8 Å². The molecular formula is C19H17N3O3. The molecule has 0 aromatic heterocycles. The Balaban J connectivity index is 1.52. The summed E-state index contributed by atoms with van der Waals surface area (Å²) in [5.74, 6) is 0.374. The Bertz CT molecular complexity index is 807. The fourth-order valence-corrected chi connectivity index (χ4v) is 2.62. The normalized spacial score (nSPS) is 13.4. The molecule has 6 heteroatoms. The van der Waals surface area contributed by atoms with Gasteiger partial charge in [-0.05, 0) is 55.0 Å². The van der Waals surface area contributed by atoms with Gasteiger partial charge in [0.1, 0.15) is 5.75 Å². The molecule has 2 amide bonds. The highest BCUT2D eigenvalue weighted by molar-refractivity contribution is 5.96. The second-order valence-electron chi connectivity index (χ2n) is 5.67. The van der Waals surface area contributed by atoms with E-state index in [0.717, 1.165) is 18.7 Å². The molecular weight excluding hydrogens is 318 g/mol. The van der Waals surface area contributed by atoms with E-state index < -0.39 is 0 Å². The van der Waals surface area contributed by atoms with Gasteiger partial charge < -0.3 is 15.0 Å². The standard InChI is InChI=1S/C19H17N3O3/c20-12-14-3-9-17(10-4-14)25-13-18(23)21-15-5-7-16(8-6-15)22-11-1-2-19(22)24/h3-10H,1-2,11,13H2,(H,21,23). The molecule has 1 saturated heterocycles. The Morgan fingerprint density at radius 2 is 1.88 bits per heavy atom. The lowest BCUT2D eigenvalue weighted by Crippen LogP contribution is -2.23. The van der Waals surface area contributed by atoms with Gasteiger partial charge in [-0.25, -0.2) is 0 Å². The van der Waals surface area contributed by atoms with E-state index in [1.807, 2.05) is 18.2 Å². The number of hydrogen-bond donors (Lipinski definition) is 1. The van der Waals surface area contributed by atoms with Crippen molar-refractivity contribution in [1.82, 2.24) is 0 Å². The topological polar surface area (TPSA) is 82.4 Å². The first kappa shape index (κ1) is 16.5. The quantitative estimate of drug-likeness (QED) is 0.911. The SMILES string of the molecule is N#Cc1ccc(OCC(=O)Nc2ccc(N3CCCC3=O)cc2)cc1. The average Bonchev–Trinajstić information content (AvgIpc) is 3.07. The van der Waals surface area contributed by atoms with Crippen LogP contribution in [-0.2, 0) is 9.59 Å². The van der Waals surface area contributed by atoms with Gasteiger partial charge in [0.05, 0.1) is 11.6 Å². The van der Waals surface area contributed by atoms with E-state index in [9.17, 15) is 9.59 Å². The van der Waals surface area contributed by atoms with E-state index in [1.54, 1.807) is 41.3 Å². The van der Waals surface area contributed by atoms with Gasteiger partial charge in [-0.1, -0.05) is 0 Å². The number of ether oxygens (including phenoxy) is 1. The summed E-state index contributed by atoms with van der Waals surface area (Å²) in [4.78, 5) is 25.4. The van der Waals surface area contributed by atoms with Crippen LogP contribution in [0.4, 0.5) is 11.4 Å². The first-order valence-corrected chi connectivity index (χ1v) is 7.99. The molecule has 0 bridgehead atoms. The summed E-state index contributed by atoms with van der Waals surface area (Å²) >= 11 is 0. The van der Waals surface area contributed by atoms with E-state index in [2.05, 4.69) is 5.32 Å². The largest absolute Gasteiger partial charge is 0.484 e. The molecule has 126 valence electrons. The van der Waals surface area contributed by atoms with E-state index in [0.29, 0.717) is 23.4 Å². The van der Waals surface area contributed by atoms with Crippen molar-refractivity contribution in [1.29, 1.82) is 5.26 Å². The number of amides is 2. The Labute approximate surface area is 145 Å². The van der Waals surface area contributed by atoms with Crippen molar-refractivity contribution in [3.05, 3.63) is 54.1 Å². The molecule has 0 unspecified atom stereocenters. The molecule has 1 heterocycles. The predicted molar refractivity (Wildman–Crippen MR) is 93.3 cm³/mol. The molecule has 0 aliphatic carbocycles. The molecule has 2 aromatic rings. The minimum absolute atomic E-state index is 0.127. The van der Waals surface area contributed by atoms with Crippen LogP contribution in [0.5, 0.6) is 5.75 Å². The van der Waals surface area contributed by atoms with Crippen molar-refractivity contribution in [2.24, 2.45) is 0 Å². The fourth-order valence-electron chi connectivity index (χ4n) is 2.62. The number of carbonyl (C=O) groups is 2. The smallest absolute Gasteiger partial charge is 0.262 e. The lowest BCUT2D eigenvalue weighted by Gasteiger charge is -2.16. The Morgan fingerprint density at radius 1 is 1.16 bits per heavy atom.